The largest absolute Gasteiger partial charge is 0.387 e. The highest BCUT2D eigenvalue weighted by atomic mass is 32.1. The zero-order valence-corrected chi connectivity index (χ0v) is 13.8. The number of nitrogens with zero attached hydrogens (tertiary/aromatic N) is 1. The molecule has 6 heteroatoms. The van der Waals surface area contributed by atoms with Crippen molar-refractivity contribution in [2.24, 2.45) is 0 Å². The molecular weight excluding hydrogens is 298 g/mol. The second-order valence-corrected chi connectivity index (χ2v) is 6.47. The molecule has 0 radical (unpaired) electrons. The van der Waals surface area contributed by atoms with Gasteiger partial charge in [-0.15, -0.1) is 11.3 Å². The lowest BCUT2D eigenvalue weighted by atomic mass is 10.0. The number of carbonyl (C=O) groups is 1. The fraction of sp³-hybridized carbons (Fsp3) is 0.375. The number of carbonyl (C=O) groups excluding carboxylic acids is 1. The SMILES string of the molecule is Cc1nc(C)c(CNC(=O)NCC(O)c2ccccc2C)s1. The van der Waals surface area contributed by atoms with Gasteiger partial charge in [0.1, 0.15) is 0 Å². The maximum Gasteiger partial charge on any atom is 0.315 e. The van der Waals surface area contributed by atoms with E-state index in [1.807, 2.05) is 45.0 Å². The molecule has 1 atom stereocenters. The topological polar surface area (TPSA) is 74.2 Å². The van der Waals surface area contributed by atoms with Gasteiger partial charge in [0.15, 0.2) is 0 Å². The van der Waals surface area contributed by atoms with Crippen LogP contribution < -0.4 is 10.6 Å². The van der Waals surface area contributed by atoms with Gasteiger partial charge in [-0.2, -0.15) is 0 Å². The lowest BCUT2D eigenvalue weighted by Crippen LogP contribution is -2.37. The molecule has 0 saturated carbocycles. The Hall–Kier alpha value is -1.92. The Balaban J connectivity index is 1.80. The van der Waals surface area contributed by atoms with E-state index in [-0.39, 0.29) is 12.6 Å². The van der Waals surface area contributed by atoms with Crippen molar-refractivity contribution in [3.63, 3.8) is 0 Å². The summed E-state index contributed by atoms with van der Waals surface area (Å²) in [4.78, 5) is 17.2. The van der Waals surface area contributed by atoms with Crippen LogP contribution in [0.2, 0.25) is 0 Å². The number of aliphatic hydroxyl groups excluding tert-OH is 1. The summed E-state index contributed by atoms with van der Waals surface area (Å²) in [5.74, 6) is 0. The van der Waals surface area contributed by atoms with Crippen LogP contribution in [0.4, 0.5) is 4.79 Å². The predicted molar refractivity (Wildman–Crippen MR) is 88.0 cm³/mol. The molecule has 5 nitrogen and oxygen atoms in total. The summed E-state index contributed by atoms with van der Waals surface area (Å²) in [6.45, 7) is 6.44. The molecule has 0 aliphatic rings. The van der Waals surface area contributed by atoms with E-state index in [1.54, 1.807) is 11.3 Å². The number of urea groups is 1. The Kier molecular flexibility index (Phi) is 5.51. The molecule has 118 valence electrons. The van der Waals surface area contributed by atoms with Crippen molar-refractivity contribution in [3.8, 4) is 0 Å². The highest BCUT2D eigenvalue weighted by Gasteiger charge is 2.12. The second kappa shape index (κ2) is 7.38. The number of thiazole rings is 1. The van der Waals surface area contributed by atoms with Gasteiger partial charge in [0.25, 0.3) is 0 Å². The third kappa shape index (κ3) is 4.29. The molecule has 3 N–H and O–H groups in total. The van der Waals surface area contributed by atoms with Crippen molar-refractivity contribution in [2.75, 3.05) is 6.54 Å². The minimum Gasteiger partial charge on any atom is -0.387 e. The molecule has 2 aromatic rings. The fourth-order valence-electron chi connectivity index (χ4n) is 2.22. The summed E-state index contributed by atoms with van der Waals surface area (Å²) < 4.78 is 0. The molecule has 0 bridgehead atoms. The number of amides is 2. The third-order valence-electron chi connectivity index (χ3n) is 3.41. The minimum atomic E-state index is -0.709. The quantitative estimate of drug-likeness (QED) is 0.793. The summed E-state index contributed by atoms with van der Waals surface area (Å²) >= 11 is 1.58. The van der Waals surface area contributed by atoms with E-state index >= 15 is 0 Å². The summed E-state index contributed by atoms with van der Waals surface area (Å²) in [5.41, 5.74) is 2.78. The van der Waals surface area contributed by atoms with Crippen LogP contribution in [0.5, 0.6) is 0 Å². The van der Waals surface area contributed by atoms with E-state index in [0.29, 0.717) is 6.54 Å². The van der Waals surface area contributed by atoms with Gasteiger partial charge in [0, 0.05) is 11.4 Å². The Morgan fingerprint density at radius 2 is 2.00 bits per heavy atom. The van der Waals surface area contributed by atoms with Crippen molar-refractivity contribution in [2.45, 2.75) is 33.4 Å². The van der Waals surface area contributed by atoms with Gasteiger partial charge in [0.05, 0.1) is 23.4 Å². The van der Waals surface area contributed by atoms with E-state index in [2.05, 4.69) is 15.6 Å². The maximum atomic E-state index is 11.8. The number of hydrogen-bond acceptors (Lipinski definition) is 4. The summed E-state index contributed by atoms with van der Waals surface area (Å²) in [7, 11) is 0. The van der Waals surface area contributed by atoms with Gasteiger partial charge in [0.2, 0.25) is 0 Å². The number of hydrogen-bond donors (Lipinski definition) is 3. The van der Waals surface area contributed by atoms with E-state index in [9.17, 15) is 9.90 Å². The van der Waals surface area contributed by atoms with Crippen molar-refractivity contribution in [1.82, 2.24) is 15.6 Å². The van der Waals surface area contributed by atoms with Crippen LogP contribution in [0, 0.1) is 20.8 Å². The maximum absolute atomic E-state index is 11.8. The number of aliphatic hydroxyl groups is 1. The molecule has 0 aliphatic heterocycles. The van der Waals surface area contributed by atoms with Gasteiger partial charge in [-0.1, -0.05) is 24.3 Å². The highest BCUT2D eigenvalue weighted by Crippen LogP contribution is 2.17. The van der Waals surface area contributed by atoms with Crippen LogP contribution in [0.25, 0.3) is 0 Å². The average Bonchev–Trinajstić information content (AvgIpc) is 2.81. The van der Waals surface area contributed by atoms with E-state index < -0.39 is 6.10 Å². The Bertz CT molecular complexity index is 655. The molecule has 22 heavy (non-hydrogen) atoms. The average molecular weight is 319 g/mol. The molecule has 0 aliphatic carbocycles. The second-order valence-electron chi connectivity index (χ2n) is 5.18. The highest BCUT2D eigenvalue weighted by molar-refractivity contribution is 7.11. The minimum absolute atomic E-state index is 0.178. The first kappa shape index (κ1) is 16.5. The molecule has 0 spiro atoms. The first-order valence-electron chi connectivity index (χ1n) is 7.15. The van der Waals surface area contributed by atoms with Crippen LogP contribution >= 0.6 is 11.3 Å². The van der Waals surface area contributed by atoms with Crippen molar-refractivity contribution >= 4 is 17.4 Å². The molecule has 1 aromatic heterocycles. The number of rotatable bonds is 5. The first-order chi connectivity index (χ1) is 10.5. The van der Waals surface area contributed by atoms with Gasteiger partial charge >= 0.3 is 6.03 Å². The van der Waals surface area contributed by atoms with Gasteiger partial charge < -0.3 is 15.7 Å². The Labute approximate surface area is 134 Å². The van der Waals surface area contributed by atoms with Crippen LogP contribution in [0.1, 0.15) is 32.8 Å². The van der Waals surface area contributed by atoms with Crippen LogP contribution in [0.15, 0.2) is 24.3 Å². The molecule has 0 fully saturated rings. The Morgan fingerprint density at radius 1 is 1.27 bits per heavy atom. The fourth-order valence-corrected chi connectivity index (χ4v) is 3.10. The van der Waals surface area contributed by atoms with E-state index in [1.165, 1.54) is 0 Å². The molecular formula is C16H21N3O2S. The van der Waals surface area contributed by atoms with Gasteiger partial charge in [-0.3, -0.25) is 0 Å². The zero-order valence-electron chi connectivity index (χ0n) is 13.0. The Morgan fingerprint density at radius 3 is 2.64 bits per heavy atom. The van der Waals surface area contributed by atoms with E-state index in [0.717, 1.165) is 26.7 Å². The molecule has 1 aromatic carbocycles. The van der Waals surface area contributed by atoms with Gasteiger partial charge in [-0.05, 0) is 31.9 Å². The smallest absolute Gasteiger partial charge is 0.315 e. The molecule has 0 saturated heterocycles. The lowest BCUT2D eigenvalue weighted by molar-refractivity contribution is 0.172. The van der Waals surface area contributed by atoms with Crippen LogP contribution in [-0.2, 0) is 6.54 Å². The summed E-state index contributed by atoms with van der Waals surface area (Å²) in [6, 6.07) is 7.31. The van der Waals surface area contributed by atoms with Gasteiger partial charge in [-0.25, -0.2) is 9.78 Å². The predicted octanol–water partition coefficient (Wildman–Crippen LogP) is 2.60. The standard InChI is InChI=1S/C16H21N3O2S/c1-10-6-4-5-7-13(10)14(20)8-17-16(21)18-9-15-11(2)19-12(3)22-15/h4-7,14,20H,8-9H2,1-3H3,(H2,17,18,21). The van der Waals surface area contributed by atoms with Crippen LogP contribution in [-0.4, -0.2) is 22.7 Å². The zero-order chi connectivity index (χ0) is 16.1. The molecule has 2 rings (SSSR count). The number of aromatic nitrogens is 1. The van der Waals surface area contributed by atoms with Crippen LogP contribution in [0.3, 0.4) is 0 Å². The number of aryl methyl sites for hydroxylation is 3. The summed E-state index contributed by atoms with van der Waals surface area (Å²) in [5, 5.41) is 16.6. The van der Waals surface area contributed by atoms with E-state index in [4.69, 9.17) is 0 Å². The van der Waals surface area contributed by atoms with Crippen molar-refractivity contribution in [3.05, 3.63) is 51.0 Å². The lowest BCUT2D eigenvalue weighted by Gasteiger charge is -2.14. The first-order valence-corrected chi connectivity index (χ1v) is 7.97. The number of benzene rings is 1. The monoisotopic (exact) mass is 319 g/mol. The van der Waals surface area contributed by atoms with Crippen molar-refractivity contribution < 1.29 is 9.90 Å². The number of nitrogens with one attached hydrogen (secondary N) is 2. The molecule has 1 heterocycles. The molecule has 2 amide bonds. The summed E-state index contributed by atoms with van der Waals surface area (Å²) in [6.07, 6.45) is -0.709. The normalized spacial score (nSPS) is 12.0. The van der Waals surface area contributed by atoms with Crippen molar-refractivity contribution in [1.29, 1.82) is 0 Å². The third-order valence-corrected chi connectivity index (χ3v) is 4.49. The molecule has 1 unspecified atom stereocenters.